The van der Waals surface area contributed by atoms with Gasteiger partial charge < -0.3 is 5.32 Å². The Hall–Kier alpha value is -0.610. The molecule has 0 saturated heterocycles. The highest BCUT2D eigenvalue weighted by molar-refractivity contribution is 7.99. The van der Waals surface area contributed by atoms with Gasteiger partial charge in [-0.2, -0.15) is 0 Å². The molecule has 0 aromatic carbocycles. The number of nitrogens with one attached hydrogen (secondary N) is 1. The van der Waals surface area contributed by atoms with Crippen LogP contribution in [0.25, 0.3) is 0 Å². The number of thioether (sulfide) groups is 1. The van der Waals surface area contributed by atoms with Gasteiger partial charge in [0.2, 0.25) is 0 Å². The molecule has 19 heavy (non-hydrogen) atoms. The van der Waals surface area contributed by atoms with E-state index in [-0.39, 0.29) is 0 Å². The van der Waals surface area contributed by atoms with E-state index >= 15 is 0 Å². The summed E-state index contributed by atoms with van der Waals surface area (Å²) in [4.78, 5) is 9.14. The van der Waals surface area contributed by atoms with Crippen molar-refractivity contribution in [1.82, 2.24) is 15.3 Å². The molecule has 1 N–H and O–H groups in total. The molecular weight excluding hydrogens is 254 g/mol. The smallest absolute Gasteiger partial charge is 0.188 e. The third-order valence-electron chi connectivity index (χ3n) is 4.05. The molecule has 2 rings (SSSR count). The molecule has 1 fully saturated rings. The van der Waals surface area contributed by atoms with E-state index < -0.39 is 0 Å². The molecule has 1 heterocycles. The van der Waals surface area contributed by atoms with Crippen LogP contribution in [0.1, 0.15) is 44.5 Å². The molecule has 1 saturated carbocycles. The number of nitrogens with zero attached hydrogens (tertiary/aromatic N) is 2. The lowest BCUT2D eigenvalue weighted by molar-refractivity contribution is 0.182. The van der Waals surface area contributed by atoms with Crippen molar-refractivity contribution >= 4 is 11.8 Å². The summed E-state index contributed by atoms with van der Waals surface area (Å²) in [6.07, 6.45) is 3.84. The molecule has 1 aromatic rings. The van der Waals surface area contributed by atoms with E-state index in [0.29, 0.717) is 16.7 Å². The Bertz CT molecular complexity index is 425. The first-order valence-electron chi connectivity index (χ1n) is 7.08. The minimum absolute atomic E-state index is 0.351. The predicted octanol–water partition coefficient (Wildman–Crippen LogP) is 3.35. The fourth-order valence-electron chi connectivity index (χ4n) is 3.17. The van der Waals surface area contributed by atoms with Gasteiger partial charge in [0, 0.05) is 22.7 Å². The van der Waals surface area contributed by atoms with Crippen molar-refractivity contribution in [2.75, 3.05) is 7.05 Å². The lowest BCUT2D eigenvalue weighted by Crippen LogP contribution is -2.50. The van der Waals surface area contributed by atoms with Crippen LogP contribution in [-0.4, -0.2) is 28.3 Å². The highest BCUT2D eigenvalue weighted by Gasteiger charge is 2.38. The summed E-state index contributed by atoms with van der Waals surface area (Å²) in [5.41, 5.74) is 2.47. The van der Waals surface area contributed by atoms with Crippen molar-refractivity contribution in [2.45, 2.75) is 63.4 Å². The number of rotatable bonds is 3. The van der Waals surface area contributed by atoms with E-state index in [0.717, 1.165) is 16.5 Å². The standard InChI is InChI=1S/C15H25N3S/c1-10-9-11(2)18-14(17-10)19-12-7-6-8-15(3,4)13(12)16-5/h9,12-13,16H,6-8H2,1-5H3. The van der Waals surface area contributed by atoms with Gasteiger partial charge in [-0.15, -0.1) is 0 Å². The summed E-state index contributed by atoms with van der Waals surface area (Å²) in [5.74, 6) is 0. The van der Waals surface area contributed by atoms with Crippen molar-refractivity contribution in [3.8, 4) is 0 Å². The average molecular weight is 279 g/mol. The second kappa shape index (κ2) is 5.80. The van der Waals surface area contributed by atoms with E-state index in [1.165, 1.54) is 19.3 Å². The van der Waals surface area contributed by atoms with Crippen molar-refractivity contribution < 1.29 is 0 Å². The van der Waals surface area contributed by atoms with Gasteiger partial charge >= 0.3 is 0 Å². The number of aromatic nitrogens is 2. The van der Waals surface area contributed by atoms with Crippen LogP contribution in [0.2, 0.25) is 0 Å². The molecule has 1 aliphatic carbocycles. The molecule has 1 aromatic heterocycles. The van der Waals surface area contributed by atoms with Crippen molar-refractivity contribution in [2.24, 2.45) is 5.41 Å². The van der Waals surface area contributed by atoms with Gasteiger partial charge in [-0.1, -0.05) is 32.0 Å². The first-order valence-corrected chi connectivity index (χ1v) is 7.96. The van der Waals surface area contributed by atoms with Crippen LogP contribution >= 0.6 is 11.8 Å². The SMILES string of the molecule is CNC1C(Sc2nc(C)cc(C)n2)CCCC1(C)C. The molecule has 2 atom stereocenters. The van der Waals surface area contributed by atoms with E-state index in [2.05, 4.69) is 36.2 Å². The minimum Gasteiger partial charge on any atom is -0.315 e. The normalized spacial score (nSPS) is 26.4. The summed E-state index contributed by atoms with van der Waals surface area (Å²) in [6, 6.07) is 2.56. The first-order chi connectivity index (χ1) is 8.92. The first kappa shape index (κ1) is 14.8. The second-order valence-corrected chi connectivity index (χ2v) is 7.44. The van der Waals surface area contributed by atoms with Crippen LogP contribution in [-0.2, 0) is 0 Å². The fourth-order valence-corrected chi connectivity index (χ4v) is 4.76. The van der Waals surface area contributed by atoms with Crippen molar-refractivity contribution in [1.29, 1.82) is 0 Å². The topological polar surface area (TPSA) is 37.8 Å². The van der Waals surface area contributed by atoms with Crippen molar-refractivity contribution in [3.05, 3.63) is 17.5 Å². The van der Waals surface area contributed by atoms with E-state index in [1.54, 1.807) is 0 Å². The average Bonchev–Trinajstić information content (AvgIpc) is 2.26. The molecule has 4 heteroatoms. The van der Waals surface area contributed by atoms with Gasteiger partial charge in [0.25, 0.3) is 0 Å². The molecule has 0 radical (unpaired) electrons. The van der Waals surface area contributed by atoms with Crippen LogP contribution in [0.3, 0.4) is 0 Å². The Morgan fingerprint density at radius 3 is 2.47 bits per heavy atom. The summed E-state index contributed by atoms with van der Waals surface area (Å²) < 4.78 is 0. The van der Waals surface area contributed by atoms with Crippen molar-refractivity contribution in [3.63, 3.8) is 0 Å². The lowest BCUT2D eigenvalue weighted by atomic mass is 9.73. The third kappa shape index (κ3) is 3.48. The third-order valence-corrected chi connectivity index (χ3v) is 5.26. The zero-order valence-corrected chi connectivity index (χ0v) is 13.5. The lowest BCUT2D eigenvalue weighted by Gasteiger charge is -2.43. The molecule has 0 bridgehead atoms. The predicted molar refractivity (Wildman–Crippen MR) is 81.6 cm³/mol. The monoisotopic (exact) mass is 279 g/mol. The van der Waals surface area contributed by atoms with Gasteiger partial charge in [-0.25, -0.2) is 9.97 Å². The minimum atomic E-state index is 0.351. The zero-order valence-electron chi connectivity index (χ0n) is 12.7. The van der Waals surface area contributed by atoms with Gasteiger partial charge in [-0.3, -0.25) is 0 Å². The van der Waals surface area contributed by atoms with Gasteiger partial charge in [0.1, 0.15) is 0 Å². The molecule has 0 aliphatic heterocycles. The molecule has 0 amide bonds. The molecule has 106 valence electrons. The van der Waals surface area contributed by atoms with Crippen LogP contribution in [0.5, 0.6) is 0 Å². The largest absolute Gasteiger partial charge is 0.315 e. The summed E-state index contributed by atoms with van der Waals surface area (Å²) >= 11 is 1.84. The summed E-state index contributed by atoms with van der Waals surface area (Å²) in [7, 11) is 2.08. The highest BCUT2D eigenvalue weighted by Crippen LogP contribution is 2.41. The Labute approximate surface area is 121 Å². The maximum absolute atomic E-state index is 4.57. The Morgan fingerprint density at radius 1 is 1.26 bits per heavy atom. The van der Waals surface area contributed by atoms with Crippen LogP contribution < -0.4 is 5.32 Å². The maximum Gasteiger partial charge on any atom is 0.188 e. The Morgan fingerprint density at radius 2 is 1.89 bits per heavy atom. The van der Waals surface area contributed by atoms with Gasteiger partial charge in [0.05, 0.1) is 0 Å². The second-order valence-electron chi connectivity index (χ2n) is 6.24. The van der Waals surface area contributed by atoms with E-state index in [4.69, 9.17) is 0 Å². The molecule has 0 spiro atoms. The fraction of sp³-hybridized carbons (Fsp3) is 0.733. The van der Waals surface area contributed by atoms with Gasteiger partial charge in [0.15, 0.2) is 5.16 Å². The quantitative estimate of drug-likeness (QED) is 0.861. The maximum atomic E-state index is 4.57. The zero-order chi connectivity index (χ0) is 14.0. The molecular formula is C15H25N3S. The Kier molecular flexibility index (Phi) is 4.51. The summed E-state index contributed by atoms with van der Waals surface area (Å²) in [5, 5.41) is 5.01. The highest BCUT2D eigenvalue weighted by atomic mass is 32.2. The van der Waals surface area contributed by atoms with E-state index in [9.17, 15) is 0 Å². The van der Waals surface area contributed by atoms with E-state index in [1.807, 2.05) is 31.7 Å². The van der Waals surface area contributed by atoms with Crippen LogP contribution in [0.15, 0.2) is 11.2 Å². The van der Waals surface area contributed by atoms with Crippen LogP contribution in [0, 0.1) is 19.3 Å². The molecule has 1 aliphatic rings. The molecule has 2 unspecified atom stereocenters. The summed E-state index contributed by atoms with van der Waals surface area (Å²) in [6.45, 7) is 8.81. The van der Waals surface area contributed by atoms with Gasteiger partial charge in [-0.05, 0) is 45.2 Å². The van der Waals surface area contributed by atoms with Crippen LogP contribution in [0.4, 0.5) is 0 Å². The number of hydrogen-bond donors (Lipinski definition) is 1. The number of hydrogen-bond acceptors (Lipinski definition) is 4. The Balaban J connectivity index is 2.16. The molecule has 3 nitrogen and oxygen atoms in total. The number of aryl methyl sites for hydroxylation is 2.